The van der Waals surface area contributed by atoms with Crippen LogP contribution in [0, 0.1) is 10.1 Å². The van der Waals surface area contributed by atoms with Gasteiger partial charge in [-0.05, 0) is 28.1 Å². The predicted octanol–water partition coefficient (Wildman–Crippen LogP) is 3.60. The number of hydrogen-bond donors (Lipinski definition) is 2. The van der Waals surface area contributed by atoms with Crippen molar-refractivity contribution < 1.29 is 9.72 Å². The van der Waals surface area contributed by atoms with E-state index in [1.54, 1.807) is 18.3 Å². The van der Waals surface area contributed by atoms with Crippen LogP contribution < -0.4 is 5.43 Å². The van der Waals surface area contributed by atoms with Gasteiger partial charge in [-0.25, -0.2) is 5.43 Å². The lowest BCUT2D eigenvalue weighted by Gasteiger charge is -1.99. The molecule has 0 spiro atoms. The maximum Gasteiger partial charge on any atom is 0.284 e. The van der Waals surface area contributed by atoms with E-state index in [0.717, 1.165) is 10.9 Å². The van der Waals surface area contributed by atoms with Gasteiger partial charge in [-0.1, -0.05) is 24.3 Å². The summed E-state index contributed by atoms with van der Waals surface area (Å²) in [6.45, 7) is 0. The topological polar surface area (TPSA) is 100 Å². The summed E-state index contributed by atoms with van der Waals surface area (Å²) in [5.74, 6) is -0.365. The molecule has 0 fully saturated rings. The molecule has 0 bridgehead atoms. The van der Waals surface area contributed by atoms with Crippen LogP contribution in [0.2, 0.25) is 0 Å². The molecule has 1 amide bonds. The van der Waals surface area contributed by atoms with Crippen molar-refractivity contribution in [1.29, 1.82) is 0 Å². The second-order valence-corrected chi connectivity index (χ2v) is 5.77. The lowest BCUT2D eigenvalue weighted by molar-refractivity contribution is -0.385. The van der Waals surface area contributed by atoms with E-state index < -0.39 is 4.92 Å². The Morgan fingerprint density at radius 2 is 2.08 bits per heavy atom. The predicted molar refractivity (Wildman–Crippen MR) is 94.2 cm³/mol. The van der Waals surface area contributed by atoms with Crippen LogP contribution in [-0.2, 0) is 0 Å². The van der Waals surface area contributed by atoms with Gasteiger partial charge in [0.2, 0.25) is 0 Å². The third-order valence-electron chi connectivity index (χ3n) is 3.38. The van der Waals surface area contributed by atoms with Gasteiger partial charge in [-0.15, -0.1) is 0 Å². The van der Waals surface area contributed by atoms with Crippen LogP contribution in [0.3, 0.4) is 0 Å². The normalized spacial score (nSPS) is 11.0. The molecule has 24 heavy (non-hydrogen) atoms. The van der Waals surface area contributed by atoms with Crippen molar-refractivity contribution in [1.82, 2.24) is 10.4 Å². The van der Waals surface area contributed by atoms with Crippen molar-refractivity contribution in [2.24, 2.45) is 5.10 Å². The van der Waals surface area contributed by atoms with E-state index in [9.17, 15) is 14.9 Å². The van der Waals surface area contributed by atoms with Gasteiger partial charge >= 0.3 is 0 Å². The lowest BCUT2D eigenvalue weighted by Crippen LogP contribution is -2.17. The summed E-state index contributed by atoms with van der Waals surface area (Å²) in [5.41, 5.74) is 4.19. The van der Waals surface area contributed by atoms with Crippen molar-refractivity contribution >= 4 is 44.6 Å². The number of carbonyl (C=O) groups is 1. The molecule has 0 aliphatic heterocycles. The maximum atomic E-state index is 12.2. The van der Waals surface area contributed by atoms with Crippen molar-refractivity contribution in [3.8, 4) is 0 Å². The summed E-state index contributed by atoms with van der Waals surface area (Å²) >= 11 is 3.11. The highest BCUT2D eigenvalue weighted by atomic mass is 79.9. The smallest absolute Gasteiger partial charge is 0.284 e. The van der Waals surface area contributed by atoms with E-state index in [2.05, 4.69) is 31.4 Å². The minimum Gasteiger partial charge on any atom is -0.360 e. The molecule has 3 rings (SSSR count). The van der Waals surface area contributed by atoms with Crippen molar-refractivity contribution in [2.75, 3.05) is 0 Å². The van der Waals surface area contributed by atoms with Gasteiger partial charge in [0, 0.05) is 28.7 Å². The first kappa shape index (κ1) is 15.9. The van der Waals surface area contributed by atoms with Crippen LogP contribution in [-0.4, -0.2) is 22.0 Å². The van der Waals surface area contributed by atoms with Crippen LogP contribution in [0.15, 0.2) is 58.2 Å². The molecule has 0 unspecified atom stereocenters. The fourth-order valence-corrected chi connectivity index (χ4v) is 2.63. The molecular formula is C16H11BrN4O3. The van der Waals surface area contributed by atoms with Gasteiger partial charge in [0.15, 0.2) is 0 Å². The molecule has 120 valence electrons. The molecule has 0 aliphatic carbocycles. The molecule has 3 aromatic rings. The number of carbonyl (C=O) groups excluding carboxylic acids is 1. The number of benzene rings is 2. The number of hydrogen-bond acceptors (Lipinski definition) is 4. The van der Waals surface area contributed by atoms with Gasteiger partial charge < -0.3 is 4.98 Å². The minimum atomic E-state index is -0.494. The number of amides is 1. The van der Waals surface area contributed by atoms with Gasteiger partial charge in [0.25, 0.3) is 11.6 Å². The van der Waals surface area contributed by atoms with Gasteiger partial charge in [-0.2, -0.15) is 5.10 Å². The molecule has 1 aromatic heterocycles. The fourth-order valence-electron chi connectivity index (χ4n) is 2.23. The van der Waals surface area contributed by atoms with Gasteiger partial charge in [-0.3, -0.25) is 14.9 Å². The summed E-state index contributed by atoms with van der Waals surface area (Å²) in [5, 5.41) is 15.5. The molecular weight excluding hydrogens is 376 g/mol. The van der Waals surface area contributed by atoms with Crippen molar-refractivity contribution in [2.45, 2.75) is 0 Å². The monoisotopic (exact) mass is 386 g/mol. The number of nitrogens with one attached hydrogen (secondary N) is 2. The number of rotatable bonds is 4. The highest BCUT2D eigenvalue weighted by Crippen LogP contribution is 2.25. The molecule has 0 saturated heterocycles. The van der Waals surface area contributed by atoms with Gasteiger partial charge in [0.1, 0.15) is 0 Å². The molecule has 2 aromatic carbocycles. The average molecular weight is 387 g/mol. The Morgan fingerprint density at radius 1 is 1.29 bits per heavy atom. The number of fused-ring (bicyclic) bond motifs is 1. The number of halogens is 1. The van der Waals surface area contributed by atoms with Gasteiger partial charge in [0.05, 0.1) is 21.2 Å². The number of nitro benzene ring substituents is 1. The summed E-state index contributed by atoms with van der Waals surface area (Å²) in [4.78, 5) is 25.6. The summed E-state index contributed by atoms with van der Waals surface area (Å²) in [7, 11) is 0. The number of nitro groups is 1. The summed E-state index contributed by atoms with van der Waals surface area (Å²) < 4.78 is 0.382. The standard InChI is InChI=1S/C16H11BrN4O3/c17-13-6-5-10(7-15(13)21(23)24)8-19-20-16(22)12-9-18-14-4-2-1-3-11(12)14/h1-9,18H,(H,20,22). The highest BCUT2D eigenvalue weighted by Gasteiger charge is 2.12. The largest absolute Gasteiger partial charge is 0.360 e. The Bertz CT molecular complexity index is 965. The molecule has 0 aliphatic rings. The molecule has 8 heteroatoms. The van der Waals surface area contributed by atoms with Crippen LogP contribution in [0.4, 0.5) is 5.69 Å². The van der Waals surface area contributed by atoms with Crippen LogP contribution in [0.25, 0.3) is 10.9 Å². The first-order valence-electron chi connectivity index (χ1n) is 6.90. The zero-order chi connectivity index (χ0) is 17.1. The Kier molecular flexibility index (Phi) is 4.39. The Balaban J connectivity index is 1.76. The minimum absolute atomic E-state index is 0.0677. The lowest BCUT2D eigenvalue weighted by atomic mass is 10.2. The Labute approximate surface area is 144 Å². The first-order chi connectivity index (χ1) is 11.6. The summed E-state index contributed by atoms with van der Waals surface area (Å²) in [6, 6.07) is 12.0. The maximum absolute atomic E-state index is 12.2. The SMILES string of the molecule is O=C(NN=Cc1ccc(Br)c([N+](=O)[O-])c1)c1c[nH]c2ccccc12. The Hall–Kier alpha value is -3.00. The highest BCUT2D eigenvalue weighted by molar-refractivity contribution is 9.10. The van der Waals surface area contributed by atoms with E-state index in [4.69, 9.17) is 0 Å². The molecule has 7 nitrogen and oxygen atoms in total. The number of hydrazone groups is 1. The van der Waals surface area contributed by atoms with E-state index in [0.29, 0.717) is 15.6 Å². The number of nitrogens with zero attached hydrogens (tertiary/aromatic N) is 2. The molecule has 0 saturated carbocycles. The van der Waals surface area contributed by atoms with E-state index >= 15 is 0 Å². The third-order valence-corrected chi connectivity index (χ3v) is 4.05. The zero-order valence-electron chi connectivity index (χ0n) is 12.2. The van der Waals surface area contributed by atoms with E-state index in [1.165, 1.54) is 12.3 Å². The van der Waals surface area contributed by atoms with Crippen LogP contribution in [0.1, 0.15) is 15.9 Å². The van der Waals surface area contributed by atoms with E-state index in [1.807, 2.05) is 24.3 Å². The van der Waals surface area contributed by atoms with Crippen molar-refractivity contribution in [3.05, 3.63) is 74.4 Å². The molecule has 0 radical (unpaired) electrons. The van der Waals surface area contributed by atoms with Crippen LogP contribution in [0.5, 0.6) is 0 Å². The zero-order valence-corrected chi connectivity index (χ0v) is 13.8. The quantitative estimate of drug-likeness (QED) is 0.406. The number of aromatic nitrogens is 1. The number of aromatic amines is 1. The number of H-pyrrole nitrogens is 1. The second-order valence-electron chi connectivity index (χ2n) is 4.92. The number of para-hydroxylation sites is 1. The Morgan fingerprint density at radius 3 is 2.88 bits per heavy atom. The van der Waals surface area contributed by atoms with Crippen LogP contribution >= 0.6 is 15.9 Å². The molecule has 2 N–H and O–H groups in total. The fraction of sp³-hybridized carbons (Fsp3) is 0. The van der Waals surface area contributed by atoms with E-state index in [-0.39, 0.29) is 11.6 Å². The van der Waals surface area contributed by atoms with Crippen molar-refractivity contribution in [3.63, 3.8) is 0 Å². The second kappa shape index (κ2) is 6.63. The molecule has 0 atom stereocenters. The first-order valence-corrected chi connectivity index (χ1v) is 7.69. The third kappa shape index (κ3) is 3.18. The molecule has 1 heterocycles. The average Bonchev–Trinajstić information content (AvgIpc) is 3.00. The summed E-state index contributed by atoms with van der Waals surface area (Å²) in [6.07, 6.45) is 2.96.